The Morgan fingerprint density at radius 2 is 1.78 bits per heavy atom. The quantitative estimate of drug-likeness (QED) is 0.887. The van der Waals surface area contributed by atoms with Crippen LogP contribution in [0.25, 0.3) is 0 Å². The van der Waals surface area contributed by atoms with Crippen LogP contribution in [0.15, 0.2) is 24.3 Å². The summed E-state index contributed by atoms with van der Waals surface area (Å²) in [7, 11) is 1.42. The summed E-state index contributed by atoms with van der Waals surface area (Å²) >= 11 is 0. The monoisotopic (exact) mass is 264 g/mol. The number of hydrogen-bond donors (Lipinski definition) is 1. The Kier molecular flexibility index (Phi) is 4.41. The molecule has 7 heteroatoms. The Bertz CT molecular complexity index is 400. The lowest BCUT2D eigenvalue weighted by Crippen LogP contribution is -2.36. The summed E-state index contributed by atoms with van der Waals surface area (Å²) in [5, 5.41) is 8.41. The largest absolute Gasteiger partial charge is 0.497 e. The number of halogens is 3. The van der Waals surface area contributed by atoms with Crippen molar-refractivity contribution in [1.29, 1.82) is 0 Å². The van der Waals surface area contributed by atoms with Crippen LogP contribution in [0.3, 0.4) is 0 Å². The van der Waals surface area contributed by atoms with Gasteiger partial charge in [0.05, 0.1) is 13.5 Å². The minimum Gasteiger partial charge on any atom is -0.497 e. The summed E-state index contributed by atoms with van der Waals surface area (Å²) in [5.74, 6) is -1.19. The van der Waals surface area contributed by atoms with Gasteiger partial charge in [-0.3, -0.25) is 4.79 Å². The lowest BCUT2D eigenvalue weighted by atomic mass is 10.2. The van der Waals surface area contributed by atoms with Crippen molar-refractivity contribution in [1.82, 2.24) is 0 Å². The van der Waals surface area contributed by atoms with Gasteiger partial charge in [-0.2, -0.15) is 13.2 Å². The molecule has 4 nitrogen and oxygen atoms in total. The Labute approximate surface area is 101 Å². The van der Waals surface area contributed by atoms with Gasteiger partial charge in [-0.15, -0.1) is 0 Å². The summed E-state index contributed by atoms with van der Waals surface area (Å²) in [6.45, 7) is 0. The minimum atomic E-state index is -4.74. The van der Waals surface area contributed by atoms with Crippen LogP contribution in [0.4, 0.5) is 13.2 Å². The molecule has 0 heterocycles. The predicted molar refractivity (Wildman–Crippen MR) is 55.7 cm³/mol. The molecule has 0 saturated heterocycles. The van der Waals surface area contributed by atoms with Crippen molar-refractivity contribution in [2.75, 3.05) is 7.11 Å². The Morgan fingerprint density at radius 1 is 1.28 bits per heavy atom. The van der Waals surface area contributed by atoms with Crippen molar-refractivity contribution < 1.29 is 32.5 Å². The van der Waals surface area contributed by atoms with E-state index in [9.17, 15) is 18.0 Å². The number of carboxylic acids is 1. The third kappa shape index (κ3) is 4.15. The number of methoxy groups -OCH3 is 1. The summed E-state index contributed by atoms with van der Waals surface area (Å²) in [6, 6.07) is 5.39. The second-order valence-corrected chi connectivity index (χ2v) is 3.42. The molecule has 0 aliphatic rings. The summed E-state index contributed by atoms with van der Waals surface area (Å²) in [4.78, 5) is 10.3. The molecule has 0 aliphatic carbocycles. The van der Waals surface area contributed by atoms with Gasteiger partial charge in [0.25, 0.3) is 0 Å². The number of hydrogen-bond acceptors (Lipinski definition) is 3. The average Bonchev–Trinajstić information content (AvgIpc) is 2.27. The minimum absolute atomic E-state index is 0.0700. The highest BCUT2D eigenvalue weighted by atomic mass is 19.4. The first-order chi connectivity index (χ1) is 8.32. The molecule has 0 aliphatic heterocycles. The number of carbonyl (C=O) groups is 1. The van der Waals surface area contributed by atoms with Crippen molar-refractivity contribution in [3.05, 3.63) is 24.3 Å². The van der Waals surface area contributed by atoms with Gasteiger partial charge in [-0.05, 0) is 24.3 Å². The molecule has 0 aromatic heterocycles. The fourth-order valence-electron chi connectivity index (χ4n) is 1.20. The standard InChI is InChI=1S/C11H11F3O4/c1-17-7-2-4-8(5-3-7)18-9(6-10(15)16)11(12,13)14/h2-5,9H,6H2,1H3,(H,15,16). The number of carboxylic acid groups (broad SMARTS) is 1. The van der Waals surface area contributed by atoms with Gasteiger partial charge in [0.15, 0.2) is 0 Å². The van der Waals surface area contributed by atoms with Crippen LogP contribution in [-0.2, 0) is 4.79 Å². The third-order valence-electron chi connectivity index (χ3n) is 2.06. The van der Waals surface area contributed by atoms with E-state index in [1.807, 2.05) is 0 Å². The fraction of sp³-hybridized carbons (Fsp3) is 0.364. The summed E-state index contributed by atoms with van der Waals surface area (Å²) in [6.07, 6.45) is -8.25. The fourth-order valence-corrected chi connectivity index (χ4v) is 1.20. The molecule has 1 unspecified atom stereocenters. The molecule has 0 spiro atoms. The molecule has 0 amide bonds. The number of benzene rings is 1. The maximum Gasteiger partial charge on any atom is 0.425 e. The van der Waals surface area contributed by atoms with Crippen LogP contribution in [0, 0.1) is 0 Å². The van der Waals surface area contributed by atoms with Gasteiger partial charge >= 0.3 is 12.1 Å². The molecule has 1 atom stereocenters. The Balaban J connectivity index is 2.79. The number of rotatable bonds is 5. The average molecular weight is 264 g/mol. The van der Waals surface area contributed by atoms with E-state index in [4.69, 9.17) is 9.84 Å². The van der Waals surface area contributed by atoms with E-state index in [0.717, 1.165) is 0 Å². The molecular formula is C11H11F3O4. The maximum atomic E-state index is 12.5. The lowest BCUT2D eigenvalue weighted by Gasteiger charge is -2.20. The van der Waals surface area contributed by atoms with Gasteiger partial charge in [0.2, 0.25) is 6.10 Å². The van der Waals surface area contributed by atoms with E-state index >= 15 is 0 Å². The highest BCUT2D eigenvalue weighted by Gasteiger charge is 2.43. The molecule has 0 bridgehead atoms. The predicted octanol–water partition coefficient (Wildman–Crippen LogP) is 2.48. The third-order valence-corrected chi connectivity index (χ3v) is 2.06. The molecule has 1 aromatic rings. The molecule has 100 valence electrons. The topological polar surface area (TPSA) is 55.8 Å². The van der Waals surface area contributed by atoms with Gasteiger partial charge in [-0.1, -0.05) is 0 Å². The van der Waals surface area contributed by atoms with Crippen molar-refractivity contribution in [2.45, 2.75) is 18.7 Å². The van der Waals surface area contributed by atoms with E-state index in [2.05, 4.69) is 4.74 Å². The van der Waals surface area contributed by atoms with Gasteiger partial charge in [0.1, 0.15) is 11.5 Å². The molecule has 0 saturated carbocycles. The lowest BCUT2D eigenvalue weighted by molar-refractivity contribution is -0.200. The number of alkyl halides is 3. The zero-order valence-corrected chi connectivity index (χ0v) is 9.40. The van der Waals surface area contributed by atoms with Crippen LogP contribution >= 0.6 is 0 Å². The molecule has 1 rings (SSSR count). The first-order valence-electron chi connectivity index (χ1n) is 4.92. The maximum absolute atomic E-state index is 12.5. The molecule has 1 aromatic carbocycles. The van der Waals surface area contributed by atoms with E-state index in [1.165, 1.54) is 31.4 Å². The van der Waals surface area contributed by atoms with Crippen LogP contribution in [0.5, 0.6) is 11.5 Å². The Morgan fingerprint density at radius 3 is 2.17 bits per heavy atom. The second kappa shape index (κ2) is 5.61. The van der Waals surface area contributed by atoms with Crippen molar-refractivity contribution in [2.24, 2.45) is 0 Å². The summed E-state index contributed by atoms with van der Waals surface area (Å²) < 4.78 is 47.0. The second-order valence-electron chi connectivity index (χ2n) is 3.42. The van der Waals surface area contributed by atoms with Crippen LogP contribution < -0.4 is 9.47 Å². The van der Waals surface area contributed by atoms with Crippen molar-refractivity contribution in [3.63, 3.8) is 0 Å². The molecule has 1 N–H and O–H groups in total. The van der Waals surface area contributed by atoms with Gasteiger partial charge in [0, 0.05) is 0 Å². The highest BCUT2D eigenvalue weighted by Crippen LogP contribution is 2.28. The van der Waals surface area contributed by atoms with E-state index in [1.54, 1.807) is 0 Å². The van der Waals surface area contributed by atoms with Crippen molar-refractivity contribution in [3.8, 4) is 11.5 Å². The smallest absolute Gasteiger partial charge is 0.425 e. The number of ether oxygens (including phenoxy) is 2. The number of aliphatic carboxylic acids is 1. The Hall–Kier alpha value is -1.92. The summed E-state index contributed by atoms with van der Waals surface area (Å²) in [5.41, 5.74) is 0. The van der Waals surface area contributed by atoms with E-state index in [0.29, 0.717) is 5.75 Å². The van der Waals surface area contributed by atoms with Crippen LogP contribution in [0.2, 0.25) is 0 Å². The normalized spacial score (nSPS) is 12.9. The van der Waals surface area contributed by atoms with Crippen LogP contribution in [0.1, 0.15) is 6.42 Å². The highest BCUT2D eigenvalue weighted by molar-refractivity contribution is 5.67. The van der Waals surface area contributed by atoms with Gasteiger partial charge in [-0.25, -0.2) is 0 Å². The van der Waals surface area contributed by atoms with E-state index in [-0.39, 0.29) is 5.75 Å². The molecular weight excluding hydrogens is 253 g/mol. The SMILES string of the molecule is COc1ccc(OC(CC(=O)O)C(F)(F)F)cc1. The zero-order valence-electron chi connectivity index (χ0n) is 9.40. The van der Waals surface area contributed by atoms with Crippen LogP contribution in [-0.4, -0.2) is 30.5 Å². The molecule has 18 heavy (non-hydrogen) atoms. The molecule has 0 radical (unpaired) electrons. The zero-order chi connectivity index (χ0) is 13.8. The molecule has 0 fully saturated rings. The first kappa shape index (κ1) is 14.1. The first-order valence-corrected chi connectivity index (χ1v) is 4.92. The van der Waals surface area contributed by atoms with Gasteiger partial charge < -0.3 is 14.6 Å². The van der Waals surface area contributed by atoms with Crippen molar-refractivity contribution >= 4 is 5.97 Å². The van der Waals surface area contributed by atoms with E-state index < -0.39 is 24.7 Å².